The lowest BCUT2D eigenvalue weighted by molar-refractivity contribution is 0.229. The van der Waals surface area contributed by atoms with Crippen LogP contribution in [0.4, 0.5) is 11.5 Å². The van der Waals surface area contributed by atoms with Crippen LogP contribution in [0.3, 0.4) is 0 Å². The Balaban J connectivity index is 2.08. The van der Waals surface area contributed by atoms with E-state index in [1.54, 1.807) is 0 Å². The molecule has 0 aromatic carbocycles. The smallest absolute Gasteiger partial charge is 0.242 e. The van der Waals surface area contributed by atoms with Crippen molar-refractivity contribution in [3.8, 4) is 5.88 Å². The van der Waals surface area contributed by atoms with E-state index < -0.39 is 0 Å². The molecule has 1 heterocycles. The number of nitrogens with one attached hydrogen (secondary N) is 1. The Bertz CT molecular complexity index is 433. The minimum atomic E-state index is 0.389. The summed E-state index contributed by atoms with van der Waals surface area (Å²) < 4.78 is 5.39. The molecule has 0 saturated heterocycles. The first-order valence-corrected chi connectivity index (χ1v) is 7.01. The molecular weight excluding hydrogens is 240 g/mol. The quantitative estimate of drug-likeness (QED) is 0.874. The summed E-state index contributed by atoms with van der Waals surface area (Å²) in [7, 11) is 0. The molecule has 0 spiro atoms. The molecule has 1 fully saturated rings. The topological polar surface area (TPSA) is 73.1 Å². The molecule has 1 aliphatic rings. The number of ether oxygens (including phenoxy) is 1. The highest BCUT2D eigenvalue weighted by molar-refractivity contribution is 5.66. The van der Waals surface area contributed by atoms with Crippen LogP contribution in [0.25, 0.3) is 0 Å². The van der Waals surface area contributed by atoms with E-state index >= 15 is 0 Å². The highest BCUT2D eigenvalue weighted by Gasteiger charge is 2.28. The fraction of sp³-hybridized carbons (Fsp3) is 0.714. The van der Waals surface area contributed by atoms with E-state index in [0.29, 0.717) is 35.4 Å². The number of hydrogen-bond donors (Lipinski definition) is 2. The summed E-state index contributed by atoms with van der Waals surface area (Å²) in [5.74, 6) is 1.16. The van der Waals surface area contributed by atoms with Crippen LogP contribution in [-0.2, 0) is 0 Å². The van der Waals surface area contributed by atoms with Gasteiger partial charge >= 0.3 is 0 Å². The number of nitrogens with two attached hydrogens (primary N) is 1. The number of aromatic nitrogens is 2. The first kappa shape index (κ1) is 13.9. The van der Waals surface area contributed by atoms with Gasteiger partial charge in [-0.3, -0.25) is 0 Å². The van der Waals surface area contributed by atoms with Gasteiger partial charge in [-0.15, -0.1) is 0 Å². The van der Waals surface area contributed by atoms with Crippen molar-refractivity contribution in [3.05, 3.63) is 6.33 Å². The molecular formula is C14H24N4O. The third kappa shape index (κ3) is 3.49. The molecule has 5 nitrogen and oxygen atoms in total. The fourth-order valence-corrected chi connectivity index (χ4v) is 2.76. The Morgan fingerprint density at radius 3 is 2.95 bits per heavy atom. The monoisotopic (exact) mass is 264 g/mol. The summed E-state index contributed by atoms with van der Waals surface area (Å²) >= 11 is 0. The molecule has 19 heavy (non-hydrogen) atoms. The fourth-order valence-electron chi connectivity index (χ4n) is 2.76. The zero-order valence-corrected chi connectivity index (χ0v) is 12.1. The van der Waals surface area contributed by atoms with Gasteiger partial charge in [0.25, 0.3) is 0 Å². The van der Waals surface area contributed by atoms with Crippen molar-refractivity contribution in [2.24, 2.45) is 5.41 Å². The van der Waals surface area contributed by atoms with Crippen LogP contribution in [-0.4, -0.2) is 22.6 Å². The van der Waals surface area contributed by atoms with Crippen molar-refractivity contribution >= 4 is 11.5 Å². The van der Waals surface area contributed by atoms with Gasteiger partial charge in [-0.2, -0.15) is 4.98 Å². The van der Waals surface area contributed by atoms with Crippen molar-refractivity contribution < 1.29 is 4.74 Å². The highest BCUT2D eigenvalue weighted by Crippen LogP contribution is 2.37. The van der Waals surface area contributed by atoms with Crippen molar-refractivity contribution in [1.29, 1.82) is 0 Å². The minimum absolute atomic E-state index is 0.389. The molecule has 1 saturated carbocycles. The van der Waals surface area contributed by atoms with E-state index in [2.05, 4.69) is 29.1 Å². The predicted octanol–water partition coefficient (Wildman–Crippen LogP) is 2.84. The Labute approximate surface area is 115 Å². The molecule has 3 N–H and O–H groups in total. The van der Waals surface area contributed by atoms with Crippen LogP contribution >= 0.6 is 0 Å². The van der Waals surface area contributed by atoms with Gasteiger partial charge in [0.05, 0.1) is 6.61 Å². The molecule has 1 aliphatic carbocycles. The van der Waals surface area contributed by atoms with Crippen LogP contribution in [0.2, 0.25) is 0 Å². The number of nitrogen functional groups attached to an aromatic ring is 1. The third-order valence-corrected chi connectivity index (χ3v) is 3.67. The molecule has 0 amide bonds. The summed E-state index contributed by atoms with van der Waals surface area (Å²) in [4.78, 5) is 8.29. The summed E-state index contributed by atoms with van der Waals surface area (Å²) in [5.41, 5.74) is 6.94. The van der Waals surface area contributed by atoms with Gasteiger partial charge < -0.3 is 15.8 Å². The zero-order chi connectivity index (χ0) is 13.9. The maximum atomic E-state index is 6.04. The second-order valence-corrected chi connectivity index (χ2v) is 5.98. The molecule has 0 radical (unpaired) electrons. The lowest BCUT2D eigenvalue weighted by Crippen LogP contribution is -2.32. The molecule has 0 bridgehead atoms. The molecule has 1 aromatic heterocycles. The van der Waals surface area contributed by atoms with Gasteiger partial charge in [0.15, 0.2) is 5.82 Å². The van der Waals surface area contributed by atoms with Gasteiger partial charge in [0.1, 0.15) is 12.0 Å². The van der Waals surface area contributed by atoms with E-state index in [1.807, 2.05) is 6.92 Å². The summed E-state index contributed by atoms with van der Waals surface area (Å²) in [6.45, 7) is 7.10. The number of anilines is 2. The average Bonchev–Trinajstić information content (AvgIpc) is 2.33. The van der Waals surface area contributed by atoms with Crippen LogP contribution < -0.4 is 15.8 Å². The maximum Gasteiger partial charge on any atom is 0.242 e. The van der Waals surface area contributed by atoms with Gasteiger partial charge in [0, 0.05) is 6.04 Å². The first-order chi connectivity index (χ1) is 9.02. The summed E-state index contributed by atoms with van der Waals surface area (Å²) in [6, 6.07) is 0.426. The number of rotatable bonds is 4. The van der Waals surface area contributed by atoms with Gasteiger partial charge in [0.2, 0.25) is 5.88 Å². The van der Waals surface area contributed by atoms with E-state index in [-0.39, 0.29) is 0 Å². The SMILES string of the molecule is CCOc1ncnc(NC2CCCC(C)(C)C2)c1N. The molecule has 5 heteroatoms. The largest absolute Gasteiger partial charge is 0.476 e. The van der Waals surface area contributed by atoms with E-state index in [0.717, 1.165) is 12.8 Å². The predicted molar refractivity (Wildman–Crippen MR) is 77.3 cm³/mol. The van der Waals surface area contributed by atoms with E-state index in [4.69, 9.17) is 10.5 Å². The minimum Gasteiger partial charge on any atom is -0.476 e. The zero-order valence-electron chi connectivity index (χ0n) is 12.1. The van der Waals surface area contributed by atoms with Crippen LogP contribution in [0.1, 0.15) is 46.5 Å². The second-order valence-electron chi connectivity index (χ2n) is 5.98. The molecule has 2 rings (SSSR count). The number of hydrogen-bond acceptors (Lipinski definition) is 5. The van der Waals surface area contributed by atoms with Gasteiger partial charge in [-0.05, 0) is 31.6 Å². The van der Waals surface area contributed by atoms with Crippen molar-refractivity contribution in [1.82, 2.24) is 9.97 Å². The summed E-state index contributed by atoms with van der Waals surface area (Å²) in [5, 5.41) is 3.45. The lowest BCUT2D eigenvalue weighted by Gasteiger charge is -2.35. The highest BCUT2D eigenvalue weighted by atomic mass is 16.5. The first-order valence-electron chi connectivity index (χ1n) is 7.01. The average molecular weight is 264 g/mol. The van der Waals surface area contributed by atoms with Gasteiger partial charge in [-0.1, -0.05) is 20.3 Å². The molecule has 1 aromatic rings. The van der Waals surface area contributed by atoms with Crippen LogP contribution in [0, 0.1) is 5.41 Å². The maximum absolute atomic E-state index is 6.04. The van der Waals surface area contributed by atoms with Crippen LogP contribution in [0.5, 0.6) is 5.88 Å². The van der Waals surface area contributed by atoms with Gasteiger partial charge in [-0.25, -0.2) is 4.98 Å². The number of nitrogens with zero attached hydrogens (tertiary/aromatic N) is 2. The molecule has 1 unspecified atom stereocenters. The summed E-state index contributed by atoms with van der Waals surface area (Å²) in [6.07, 6.45) is 6.33. The second kappa shape index (κ2) is 5.63. The Kier molecular flexibility index (Phi) is 4.12. The third-order valence-electron chi connectivity index (χ3n) is 3.67. The lowest BCUT2D eigenvalue weighted by atomic mass is 9.75. The van der Waals surface area contributed by atoms with Crippen molar-refractivity contribution in [2.75, 3.05) is 17.7 Å². The Morgan fingerprint density at radius 2 is 2.26 bits per heavy atom. The molecule has 106 valence electrons. The van der Waals surface area contributed by atoms with Crippen LogP contribution in [0.15, 0.2) is 6.33 Å². The standard InChI is InChI=1S/C14H24N4O/c1-4-19-13-11(15)12(16-9-17-13)18-10-6-5-7-14(2,3)8-10/h9-10H,4-8,15H2,1-3H3,(H,16,17,18). The molecule has 1 atom stereocenters. The van der Waals surface area contributed by atoms with Crippen molar-refractivity contribution in [3.63, 3.8) is 0 Å². The van der Waals surface area contributed by atoms with E-state index in [1.165, 1.54) is 19.2 Å². The Hall–Kier alpha value is -1.52. The normalized spacial score (nSPS) is 21.9. The molecule has 0 aliphatic heterocycles. The van der Waals surface area contributed by atoms with Crippen molar-refractivity contribution in [2.45, 2.75) is 52.5 Å². The van der Waals surface area contributed by atoms with E-state index in [9.17, 15) is 0 Å². The Morgan fingerprint density at radius 1 is 1.47 bits per heavy atom.